The van der Waals surface area contributed by atoms with E-state index >= 15 is 0 Å². The minimum absolute atomic E-state index is 0.358. The third kappa shape index (κ3) is 3.67. The third-order valence-electron chi connectivity index (χ3n) is 2.89. The van der Waals surface area contributed by atoms with Crippen molar-refractivity contribution in [3.05, 3.63) is 48.0 Å². The van der Waals surface area contributed by atoms with Crippen molar-refractivity contribution < 1.29 is 0 Å². The van der Waals surface area contributed by atoms with Crippen LogP contribution in [0.5, 0.6) is 0 Å². The minimum Gasteiger partial charge on any atom is -0.303 e. The largest absolute Gasteiger partial charge is 0.303 e. The first-order valence-electron chi connectivity index (χ1n) is 6.38. The highest BCUT2D eigenvalue weighted by molar-refractivity contribution is 5.18. The zero-order chi connectivity index (χ0) is 12.8. The molecular weight excluding hydrogens is 224 g/mol. The van der Waals surface area contributed by atoms with Gasteiger partial charge in [-0.3, -0.25) is 5.10 Å². The Morgan fingerprint density at radius 3 is 2.61 bits per heavy atom. The molecule has 0 aliphatic carbocycles. The summed E-state index contributed by atoms with van der Waals surface area (Å²) in [6, 6.07) is 10.9. The van der Waals surface area contributed by atoms with Gasteiger partial charge in [-0.1, -0.05) is 44.2 Å². The van der Waals surface area contributed by atoms with Gasteiger partial charge in [-0.2, -0.15) is 5.10 Å². The first-order chi connectivity index (χ1) is 8.75. The van der Waals surface area contributed by atoms with Crippen LogP contribution in [0, 0.1) is 5.92 Å². The van der Waals surface area contributed by atoms with Crippen LogP contribution in [0.25, 0.3) is 0 Å². The molecule has 2 N–H and O–H groups in total. The Morgan fingerprint density at radius 1 is 1.22 bits per heavy atom. The highest BCUT2D eigenvalue weighted by atomic mass is 15.2. The predicted molar refractivity (Wildman–Crippen MR) is 71.9 cm³/mol. The lowest BCUT2D eigenvalue weighted by molar-refractivity contribution is 0.424. The zero-order valence-electron chi connectivity index (χ0n) is 10.9. The summed E-state index contributed by atoms with van der Waals surface area (Å²) in [4.78, 5) is 4.13. The fourth-order valence-electron chi connectivity index (χ4n) is 2.03. The molecule has 2 aromatic rings. The molecule has 0 fully saturated rings. The molecule has 1 aromatic carbocycles. The molecule has 2 rings (SSSR count). The Morgan fingerprint density at radius 2 is 2.00 bits per heavy atom. The van der Waals surface area contributed by atoms with Crippen LogP contribution in [0.15, 0.2) is 36.7 Å². The van der Waals surface area contributed by atoms with Gasteiger partial charge in [0.1, 0.15) is 12.2 Å². The van der Waals surface area contributed by atoms with Crippen LogP contribution in [0.3, 0.4) is 0 Å². The fourth-order valence-corrected chi connectivity index (χ4v) is 2.03. The van der Waals surface area contributed by atoms with Crippen molar-refractivity contribution in [2.45, 2.75) is 32.9 Å². The van der Waals surface area contributed by atoms with Gasteiger partial charge in [-0.15, -0.1) is 0 Å². The molecule has 4 nitrogen and oxygen atoms in total. The number of rotatable bonds is 6. The molecule has 0 aliphatic heterocycles. The van der Waals surface area contributed by atoms with Crippen LogP contribution in [-0.4, -0.2) is 15.2 Å². The van der Waals surface area contributed by atoms with E-state index in [9.17, 15) is 0 Å². The molecule has 0 amide bonds. The molecule has 96 valence electrons. The number of nitrogens with one attached hydrogen (secondary N) is 2. The van der Waals surface area contributed by atoms with Crippen LogP contribution in [0.2, 0.25) is 0 Å². The molecule has 18 heavy (non-hydrogen) atoms. The third-order valence-corrected chi connectivity index (χ3v) is 2.89. The summed E-state index contributed by atoms with van der Waals surface area (Å²) in [5.74, 6) is 1.53. The SMILES string of the molecule is CC(C)CC(NCc1ncn[nH]1)c1ccccc1. The molecule has 0 radical (unpaired) electrons. The van der Waals surface area contributed by atoms with Crippen molar-refractivity contribution in [1.29, 1.82) is 0 Å². The van der Waals surface area contributed by atoms with E-state index in [1.54, 1.807) is 0 Å². The van der Waals surface area contributed by atoms with E-state index in [-0.39, 0.29) is 0 Å². The highest BCUT2D eigenvalue weighted by Crippen LogP contribution is 2.21. The molecule has 0 saturated carbocycles. The van der Waals surface area contributed by atoms with Gasteiger partial charge < -0.3 is 5.32 Å². The first-order valence-corrected chi connectivity index (χ1v) is 6.38. The maximum Gasteiger partial charge on any atom is 0.138 e. The van der Waals surface area contributed by atoms with E-state index in [2.05, 4.69) is 58.6 Å². The van der Waals surface area contributed by atoms with Gasteiger partial charge in [0.05, 0.1) is 6.54 Å². The second-order valence-electron chi connectivity index (χ2n) is 4.91. The van der Waals surface area contributed by atoms with Gasteiger partial charge in [-0.05, 0) is 17.9 Å². The molecule has 0 aliphatic rings. The van der Waals surface area contributed by atoms with Crippen molar-refractivity contribution in [2.24, 2.45) is 5.92 Å². The predicted octanol–water partition coefficient (Wildman–Crippen LogP) is 2.68. The minimum atomic E-state index is 0.358. The Bertz CT molecular complexity index is 436. The monoisotopic (exact) mass is 244 g/mol. The Labute approximate surface area is 108 Å². The maximum atomic E-state index is 4.13. The first kappa shape index (κ1) is 12.8. The number of aromatic amines is 1. The fraction of sp³-hybridized carbons (Fsp3) is 0.429. The molecule has 1 aromatic heterocycles. The zero-order valence-corrected chi connectivity index (χ0v) is 10.9. The van der Waals surface area contributed by atoms with Crippen molar-refractivity contribution in [1.82, 2.24) is 20.5 Å². The summed E-state index contributed by atoms with van der Waals surface area (Å²) in [6.45, 7) is 5.20. The average Bonchev–Trinajstić information content (AvgIpc) is 2.88. The van der Waals surface area contributed by atoms with Crippen LogP contribution in [-0.2, 0) is 6.54 Å². The van der Waals surface area contributed by atoms with E-state index in [1.807, 2.05) is 6.07 Å². The molecule has 1 unspecified atom stereocenters. The smallest absolute Gasteiger partial charge is 0.138 e. The van der Waals surface area contributed by atoms with Crippen LogP contribution < -0.4 is 5.32 Å². The van der Waals surface area contributed by atoms with Crippen molar-refractivity contribution in [3.63, 3.8) is 0 Å². The van der Waals surface area contributed by atoms with Crippen molar-refractivity contribution in [2.75, 3.05) is 0 Å². The summed E-state index contributed by atoms with van der Waals surface area (Å²) in [6.07, 6.45) is 2.65. The summed E-state index contributed by atoms with van der Waals surface area (Å²) >= 11 is 0. The highest BCUT2D eigenvalue weighted by Gasteiger charge is 2.12. The van der Waals surface area contributed by atoms with Crippen molar-refractivity contribution in [3.8, 4) is 0 Å². The summed E-state index contributed by atoms with van der Waals surface area (Å²) in [5, 5.41) is 10.3. The number of benzene rings is 1. The number of hydrogen-bond donors (Lipinski definition) is 2. The van der Waals surface area contributed by atoms with Gasteiger partial charge in [0.25, 0.3) is 0 Å². The quantitative estimate of drug-likeness (QED) is 0.821. The van der Waals surface area contributed by atoms with E-state index in [0.717, 1.165) is 12.2 Å². The standard InChI is InChI=1S/C14H20N4/c1-11(2)8-13(12-6-4-3-5-7-12)15-9-14-16-10-17-18-14/h3-7,10-11,13,15H,8-9H2,1-2H3,(H,16,17,18). The lowest BCUT2D eigenvalue weighted by atomic mass is 9.97. The number of nitrogens with zero attached hydrogens (tertiary/aromatic N) is 2. The van der Waals surface area contributed by atoms with Crippen molar-refractivity contribution >= 4 is 0 Å². The topological polar surface area (TPSA) is 53.6 Å². The van der Waals surface area contributed by atoms with E-state index in [1.165, 1.54) is 11.9 Å². The molecule has 0 saturated heterocycles. The second kappa shape index (κ2) is 6.31. The second-order valence-corrected chi connectivity index (χ2v) is 4.91. The lowest BCUT2D eigenvalue weighted by Crippen LogP contribution is -2.23. The van der Waals surface area contributed by atoms with Crippen LogP contribution in [0.4, 0.5) is 0 Å². The molecule has 0 spiro atoms. The van der Waals surface area contributed by atoms with E-state index in [0.29, 0.717) is 18.5 Å². The molecule has 0 bridgehead atoms. The van der Waals surface area contributed by atoms with E-state index in [4.69, 9.17) is 0 Å². The Balaban J connectivity index is 2.01. The van der Waals surface area contributed by atoms with Gasteiger partial charge in [0, 0.05) is 6.04 Å². The van der Waals surface area contributed by atoms with Gasteiger partial charge >= 0.3 is 0 Å². The number of hydrogen-bond acceptors (Lipinski definition) is 3. The summed E-state index contributed by atoms with van der Waals surface area (Å²) in [7, 11) is 0. The molecule has 1 heterocycles. The van der Waals surface area contributed by atoms with Crippen LogP contribution >= 0.6 is 0 Å². The van der Waals surface area contributed by atoms with Gasteiger partial charge in [0.2, 0.25) is 0 Å². The number of aromatic nitrogens is 3. The summed E-state index contributed by atoms with van der Waals surface area (Å²) in [5.41, 5.74) is 1.32. The van der Waals surface area contributed by atoms with Gasteiger partial charge in [-0.25, -0.2) is 4.98 Å². The molecular formula is C14H20N4. The average molecular weight is 244 g/mol. The lowest BCUT2D eigenvalue weighted by Gasteiger charge is -2.20. The summed E-state index contributed by atoms with van der Waals surface area (Å²) < 4.78 is 0. The van der Waals surface area contributed by atoms with E-state index < -0.39 is 0 Å². The Hall–Kier alpha value is -1.68. The Kier molecular flexibility index (Phi) is 4.47. The normalized spacial score (nSPS) is 12.8. The van der Waals surface area contributed by atoms with Crippen LogP contribution in [0.1, 0.15) is 37.7 Å². The number of H-pyrrole nitrogens is 1. The molecule has 4 heteroatoms. The maximum absolute atomic E-state index is 4.13. The molecule has 1 atom stereocenters. The van der Waals surface area contributed by atoms with Gasteiger partial charge in [0.15, 0.2) is 0 Å².